The first-order valence-corrected chi connectivity index (χ1v) is 8.59. The van der Waals surface area contributed by atoms with Gasteiger partial charge in [0.05, 0.1) is 6.26 Å². The highest BCUT2D eigenvalue weighted by atomic mass is 32.1. The van der Waals surface area contributed by atoms with Crippen molar-refractivity contribution in [2.75, 3.05) is 0 Å². The minimum Gasteiger partial charge on any atom is -0.467 e. The molecule has 0 aliphatic rings. The molecule has 2 aromatic heterocycles. The number of rotatable bonds is 7. The molecule has 0 saturated heterocycles. The first kappa shape index (κ1) is 17.6. The van der Waals surface area contributed by atoms with Crippen LogP contribution in [0.3, 0.4) is 0 Å². The molecule has 3 N–H and O–H groups in total. The van der Waals surface area contributed by atoms with E-state index in [4.69, 9.17) is 4.42 Å². The van der Waals surface area contributed by atoms with E-state index in [9.17, 15) is 9.90 Å². The number of aliphatic hydroxyl groups is 1. The lowest BCUT2D eigenvalue weighted by Crippen LogP contribution is -2.45. The second-order valence-electron chi connectivity index (χ2n) is 5.90. The summed E-state index contributed by atoms with van der Waals surface area (Å²) in [5.74, 6) is 0.514. The van der Waals surface area contributed by atoms with Crippen molar-refractivity contribution in [3.05, 3.63) is 46.0 Å². The Kier molecular flexibility index (Phi) is 6.24. The van der Waals surface area contributed by atoms with E-state index in [-0.39, 0.29) is 18.1 Å². The van der Waals surface area contributed by atoms with Crippen LogP contribution in [0.15, 0.2) is 34.9 Å². The number of thiophene rings is 1. The smallest absolute Gasteiger partial charge is 0.315 e. The third-order valence-electron chi connectivity index (χ3n) is 3.51. The van der Waals surface area contributed by atoms with Gasteiger partial charge in [0, 0.05) is 34.7 Å². The van der Waals surface area contributed by atoms with Crippen LogP contribution in [0.2, 0.25) is 0 Å². The predicted molar refractivity (Wildman–Crippen MR) is 91.6 cm³/mol. The van der Waals surface area contributed by atoms with Gasteiger partial charge in [0.15, 0.2) is 0 Å². The van der Waals surface area contributed by atoms with Crippen LogP contribution in [0.25, 0.3) is 0 Å². The van der Waals surface area contributed by atoms with Crippen LogP contribution < -0.4 is 10.6 Å². The highest BCUT2D eigenvalue weighted by Gasteiger charge is 2.17. The van der Waals surface area contributed by atoms with Crippen molar-refractivity contribution < 1.29 is 14.3 Å². The molecule has 0 aliphatic heterocycles. The molecule has 23 heavy (non-hydrogen) atoms. The van der Waals surface area contributed by atoms with Gasteiger partial charge >= 0.3 is 6.03 Å². The maximum absolute atomic E-state index is 12.0. The molecule has 3 atom stereocenters. The van der Waals surface area contributed by atoms with E-state index in [1.807, 2.05) is 13.8 Å². The fourth-order valence-corrected chi connectivity index (χ4v) is 3.45. The molecular formula is C17H24N2O3S. The SMILES string of the molecule is Cc1ccc(C[C@H](C)NC(=O)N[C@@H](C)C[C@H](O)c2ccco2)s1. The lowest BCUT2D eigenvalue weighted by Gasteiger charge is -2.19. The minimum absolute atomic E-state index is 0.0512. The summed E-state index contributed by atoms with van der Waals surface area (Å²) in [5.41, 5.74) is 0. The topological polar surface area (TPSA) is 74.5 Å². The highest BCUT2D eigenvalue weighted by Crippen LogP contribution is 2.18. The van der Waals surface area contributed by atoms with Crippen molar-refractivity contribution >= 4 is 17.4 Å². The van der Waals surface area contributed by atoms with Crippen LogP contribution in [0.4, 0.5) is 4.79 Å². The van der Waals surface area contributed by atoms with Gasteiger partial charge in [0.25, 0.3) is 0 Å². The molecule has 2 amide bonds. The molecule has 0 saturated carbocycles. The van der Waals surface area contributed by atoms with E-state index in [1.165, 1.54) is 16.0 Å². The van der Waals surface area contributed by atoms with Gasteiger partial charge in [0.2, 0.25) is 0 Å². The molecule has 5 nitrogen and oxygen atoms in total. The third kappa shape index (κ3) is 5.73. The maximum Gasteiger partial charge on any atom is 0.315 e. The lowest BCUT2D eigenvalue weighted by atomic mass is 10.1. The Morgan fingerprint density at radius 1 is 1.26 bits per heavy atom. The Balaban J connectivity index is 1.72. The number of urea groups is 1. The van der Waals surface area contributed by atoms with Gasteiger partial charge in [-0.1, -0.05) is 0 Å². The van der Waals surface area contributed by atoms with Gasteiger partial charge in [0.1, 0.15) is 11.9 Å². The first-order chi connectivity index (χ1) is 10.9. The van der Waals surface area contributed by atoms with Crippen molar-refractivity contribution in [3.63, 3.8) is 0 Å². The van der Waals surface area contributed by atoms with E-state index < -0.39 is 6.10 Å². The lowest BCUT2D eigenvalue weighted by molar-refractivity contribution is 0.129. The molecule has 0 spiro atoms. The molecule has 0 radical (unpaired) electrons. The summed E-state index contributed by atoms with van der Waals surface area (Å²) in [7, 11) is 0. The van der Waals surface area contributed by atoms with Gasteiger partial charge < -0.3 is 20.2 Å². The minimum atomic E-state index is -0.716. The average Bonchev–Trinajstić information content (AvgIpc) is 3.09. The van der Waals surface area contributed by atoms with Gasteiger partial charge in [-0.25, -0.2) is 4.79 Å². The number of nitrogens with one attached hydrogen (secondary N) is 2. The van der Waals surface area contributed by atoms with E-state index in [1.54, 1.807) is 23.5 Å². The zero-order valence-corrected chi connectivity index (χ0v) is 14.5. The molecule has 0 fully saturated rings. The molecule has 0 aromatic carbocycles. The predicted octanol–water partition coefficient (Wildman–Crippen LogP) is 3.39. The Hall–Kier alpha value is -1.79. The standard InChI is InChI=1S/C17H24N2O3S/c1-11(9-14-7-6-13(3)23-14)18-17(21)19-12(2)10-15(20)16-5-4-8-22-16/h4-8,11-12,15,20H,9-10H2,1-3H3,(H2,18,19,21)/t11-,12-,15-/m0/s1. The summed E-state index contributed by atoms with van der Waals surface area (Å²) in [6.07, 6.45) is 2.03. The van der Waals surface area contributed by atoms with Gasteiger partial charge in [-0.05, 0) is 45.0 Å². The Morgan fingerprint density at radius 2 is 2.00 bits per heavy atom. The molecule has 2 aromatic rings. The largest absolute Gasteiger partial charge is 0.467 e. The molecule has 126 valence electrons. The number of aliphatic hydroxyl groups excluding tert-OH is 1. The van der Waals surface area contributed by atoms with E-state index in [0.717, 1.165) is 6.42 Å². The average molecular weight is 336 g/mol. The van der Waals surface area contributed by atoms with E-state index >= 15 is 0 Å². The van der Waals surface area contributed by atoms with E-state index in [2.05, 4.69) is 29.7 Å². The number of hydrogen-bond donors (Lipinski definition) is 3. The zero-order chi connectivity index (χ0) is 16.8. The maximum atomic E-state index is 12.0. The van der Waals surface area contributed by atoms with Crippen LogP contribution in [0.1, 0.15) is 41.9 Å². The summed E-state index contributed by atoms with van der Waals surface area (Å²) in [6.45, 7) is 5.92. The fraction of sp³-hybridized carbons (Fsp3) is 0.471. The summed E-state index contributed by atoms with van der Waals surface area (Å²) in [4.78, 5) is 14.5. The number of furan rings is 1. The Labute approximate surface area is 140 Å². The van der Waals surface area contributed by atoms with Crippen LogP contribution in [0.5, 0.6) is 0 Å². The molecule has 2 heterocycles. The summed E-state index contributed by atoms with van der Waals surface area (Å²) >= 11 is 1.75. The van der Waals surface area contributed by atoms with Crippen LogP contribution in [-0.2, 0) is 6.42 Å². The van der Waals surface area contributed by atoms with Crippen LogP contribution in [-0.4, -0.2) is 23.2 Å². The Bertz CT molecular complexity index is 609. The number of amides is 2. The molecule has 0 bridgehead atoms. The second-order valence-corrected chi connectivity index (χ2v) is 7.28. The van der Waals surface area contributed by atoms with Gasteiger partial charge in [-0.15, -0.1) is 11.3 Å². The monoisotopic (exact) mass is 336 g/mol. The fourth-order valence-electron chi connectivity index (χ4n) is 2.43. The summed E-state index contributed by atoms with van der Waals surface area (Å²) < 4.78 is 5.16. The summed E-state index contributed by atoms with van der Waals surface area (Å²) in [6, 6.07) is 7.31. The van der Waals surface area contributed by atoms with Gasteiger partial charge in [-0.3, -0.25) is 0 Å². The van der Waals surface area contributed by atoms with Crippen molar-refractivity contribution in [3.8, 4) is 0 Å². The zero-order valence-electron chi connectivity index (χ0n) is 13.7. The quantitative estimate of drug-likeness (QED) is 0.725. The van der Waals surface area contributed by atoms with Crippen molar-refractivity contribution in [2.45, 2.75) is 51.8 Å². The van der Waals surface area contributed by atoms with Crippen LogP contribution in [0, 0.1) is 6.92 Å². The van der Waals surface area contributed by atoms with E-state index in [0.29, 0.717) is 12.2 Å². The van der Waals surface area contributed by atoms with Crippen molar-refractivity contribution in [1.82, 2.24) is 10.6 Å². The normalized spacial score (nSPS) is 15.0. The second kappa shape index (κ2) is 8.17. The number of hydrogen-bond acceptors (Lipinski definition) is 4. The highest BCUT2D eigenvalue weighted by molar-refractivity contribution is 7.11. The van der Waals surface area contributed by atoms with Crippen molar-refractivity contribution in [1.29, 1.82) is 0 Å². The van der Waals surface area contributed by atoms with Gasteiger partial charge in [-0.2, -0.15) is 0 Å². The Morgan fingerprint density at radius 3 is 2.61 bits per heavy atom. The molecule has 6 heteroatoms. The molecular weight excluding hydrogens is 312 g/mol. The van der Waals surface area contributed by atoms with Crippen LogP contribution >= 0.6 is 11.3 Å². The number of carbonyl (C=O) groups is 1. The molecule has 2 rings (SSSR count). The number of carbonyl (C=O) groups excluding carboxylic acids is 1. The first-order valence-electron chi connectivity index (χ1n) is 7.78. The van der Waals surface area contributed by atoms with Crippen molar-refractivity contribution in [2.24, 2.45) is 0 Å². The summed E-state index contributed by atoms with van der Waals surface area (Å²) in [5, 5.41) is 15.8. The number of aryl methyl sites for hydroxylation is 1. The molecule has 0 unspecified atom stereocenters. The third-order valence-corrected chi connectivity index (χ3v) is 4.53. The molecule has 0 aliphatic carbocycles.